The van der Waals surface area contributed by atoms with Crippen molar-refractivity contribution in [3.63, 3.8) is 0 Å². The molecule has 0 fully saturated rings. The van der Waals surface area contributed by atoms with Gasteiger partial charge >= 0.3 is 0 Å². The minimum absolute atomic E-state index is 0.162. The van der Waals surface area contributed by atoms with Gasteiger partial charge in [-0.15, -0.1) is 34.3 Å². The van der Waals surface area contributed by atoms with E-state index in [4.69, 9.17) is 23.2 Å². The second kappa shape index (κ2) is 5.07. The van der Waals surface area contributed by atoms with E-state index < -0.39 is 0 Å². The Morgan fingerprint density at radius 2 is 2.07 bits per heavy atom. The van der Waals surface area contributed by atoms with Gasteiger partial charge in [-0.2, -0.15) is 0 Å². The van der Waals surface area contributed by atoms with Crippen LogP contribution in [-0.2, 0) is 0 Å². The Kier molecular flexibility index (Phi) is 4.19. The molecule has 80 valence electrons. The van der Waals surface area contributed by atoms with Gasteiger partial charge in [0.15, 0.2) is 0 Å². The predicted molar refractivity (Wildman–Crippen MR) is 76.7 cm³/mol. The standard InChI is InChI=1S/C9H4Br2Cl2S2/c10-4-3-6(15-9(4)11)7(13)8-5(12)1-2-14-8/h1-3,7H. The molecule has 2 aromatic rings. The van der Waals surface area contributed by atoms with Crippen molar-refractivity contribution < 1.29 is 0 Å². The molecule has 1 atom stereocenters. The molecule has 1 unspecified atom stereocenters. The van der Waals surface area contributed by atoms with Crippen LogP contribution in [-0.4, -0.2) is 0 Å². The zero-order valence-corrected chi connectivity index (χ0v) is 13.5. The number of rotatable bonds is 2. The Labute approximate surface area is 122 Å². The highest BCUT2D eigenvalue weighted by Crippen LogP contribution is 2.43. The Balaban J connectivity index is 2.36. The minimum Gasteiger partial charge on any atom is -0.145 e. The van der Waals surface area contributed by atoms with Crippen molar-refractivity contribution in [3.8, 4) is 0 Å². The fourth-order valence-corrected chi connectivity index (χ4v) is 4.94. The molecule has 0 amide bonds. The lowest BCUT2D eigenvalue weighted by Gasteiger charge is -2.04. The van der Waals surface area contributed by atoms with E-state index >= 15 is 0 Å². The lowest BCUT2D eigenvalue weighted by atomic mass is 10.3. The summed E-state index contributed by atoms with van der Waals surface area (Å²) < 4.78 is 2.08. The highest BCUT2D eigenvalue weighted by Gasteiger charge is 2.18. The van der Waals surface area contributed by atoms with E-state index in [0.717, 1.165) is 23.0 Å². The highest BCUT2D eigenvalue weighted by molar-refractivity contribution is 9.13. The van der Waals surface area contributed by atoms with Gasteiger partial charge in [0.25, 0.3) is 0 Å². The maximum atomic E-state index is 6.36. The molecule has 0 bridgehead atoms. The van der Waals surface area contributed by atoms with Crippen molar-refractivity contribution in [2.75, 3.05) is 0 Å². The molecule has 15 heavy (non-hydrogen) atoms. The summed E-state index contributed by atoms with van der Waals surface area (Å²) in [7, 11) is 0. The van der Waals surface area contributed by atoms with E-state index in [2.05, 4.69) is 31.9 Å². The second-order valence-corrected chi connectivity index (χ2v) is 7.81. The van der Waals surface area contributed by atoms with Crippen molar-refractivity contribution >= 4 is 77.7 Å². The number of alkyl halides is 1. The zero-order valence-electron chi connectivity index (χ0n) is 7.14. The van der Waals surface area contributed by atoms with Crippen molar-refractivity contribution in [2.24, 2.45) is 0 Å². The fourth-order valence-electron chi connectivity index (χ4n) is 1.10. The van der Waals surface area contributed by atoms with E-state index in [1.165, 1.54) is 0 Å². The van der Waals surface area contributed by atoms with Crippen LogP contribution in [0.4, 0.5) is 0 Å². The van der Waals surface area contributed by atoms with Crippen LogP contribution in [0.1, 0.15) is 15.1 Å². The molecule has 0 saturated carbocycles. The number of hydrogen-bond donors (Lipinski definition) is 0. The van der Waals surface area contributed by atoms with Gasteiger partial charge in [-0.1, -0.05) is 11.6 Å². The van der Waals surface area contributed by atoms with Crippen LogP contribution in [0.2, 0.25) is 5.02 Å². The van der Waals surface area contributed by atoms with Gasteiger partial charge in [0, 0.05) is 14.2 Å². The smallest absolute Gasteiger partial charge is 0.103 e. The van der Waals surface area contributed by atoms with Gasteiger partial charge in [0.05, 0.1) is 8.81 Å². The molecular weight excluding hydrogens is 403 g/mol. The van der Waals surface area contributed by atoms with Crippen molar-refractivity contribution in [1.82, 2.24) is 0 Å². The van der Waals surface area contributed by atoms with E-state index in [0.29, 0.717) is 0 Å². The molecule has 2 aromatic heterocycles. The predicted octanol–water partition coefficient (Wildman–Crippen LogP) is 6.32. The lowest BCUT2D eigenvalue weighted by molar-refractivity contribution is 1.24. The summed E-state index contributed by atoms with van der Waals surface area (Å²) in [4.78, 5) is 2.08. The quantitative estimate of drug-likeness (QED) is 0.512. The third-order valence-corrected chi connectivity index (χ3v) is 7.25. The van der Waals surface area contributed by atoms with Gasteiger partial charge in [0.1, 0.15) is 5.38 Å². The lowest BCUT2D eigenvalue weighted by Crippen LogP contribution is -1.85. The molecule has 0 aromatic carbocycles. The van der Waals surface area contributed by atoms with E-state index in [9.17, 15) is 0 Å². The van der Waals surface area contributed by atoms with E-state index in [1.54, 1.807) is 22.7 Å². The molecule has 0 nitrogen and oxygen atoms in total. The number of hydrogen-bond acceptors (Lipinski definition) is 2. The largest absolute Gasteiger partial charge is 0.145 e. The molecular formula is C9H4Br2Cl2S2. The first-order valence-electron chi connectivity index (χ1n) is 3.91. The van der Waals surface area contributed by atoms with Gasteiger partial charge in [-0.3, -0.25) is 0 Å². The van der Waals surface area contributed by atoms with Crippen LogP contribution in [0.5, 0.6) is 0 Å². The second-order valence-electron chi connectivity index (χ2n) is 2.77. The topological polar surface area (TPSA) is 0 Å². The summed E-state index contributed by atoms with van der Waals surface area (Å²) in [6, 6.07) is 3.89. The molecule has 0 aliphatic carbocycles. The normalized spacial score (nSPS) is 13.1. The molecule has 0 N–H and O–H groups in total. The minimum atomic E-state index is -0.162. The SMILES string of the molecule is Clc1ccsc1C(Cl)c1cc(Br)c(Br)s1. The summed E-state index contributed by atoms with van der Waals surface area (Å²) in [5.74, 6) is 0. The van der Waals surface area contributed by atoms with Gasteiger partial charge in [-0.05, 0) is 49.4 Å². The van der Waals surface area contributed by atoms with Crippen LogP contribution < -0.4 is 0 Å². The summed E-state index contributed by atoms with van der Waals surface area (Å²) in [5.41, 5.74) is 0. The van der Waals surface area contributed by atoms with Crippen LogP contribution in [0.3, 0.4) is 0 Å². The molecule has 6 heteroatoms. The van der Waals surface area contributed by atoms with Crippen molar-refractivity contribution in [1.29, 1.82) is 0 Å². The molecule has 2 heterocycles. The van der Waals surface area contributed by atoms with Crippen LogP contribution in [0.15, 0.2) is 25.8 Å². The number of halogens is 4. The summed E-state index contributed by atoms with van der Waals surface area (Å²) in [6.45, 7) is 0. The van der Waals surface area contributed by atoms with Gasteiger partial charge in [0.2, 0.25) is 0 Å². The first kappa shape index (κ1) is 12.4. The van der Waals surface area contributed by atoms with E-state index in [1.807, 2.05) is 17.5 Å². The molecule has 2 rings (SSSR count). The number of thiophene rings is 2. The van der Waals surface area contributed by atoms with Crippen LogP contribution >= 0.6 is 77.7 Å². The first-order chi connectivity index (χ1) is 7.09. The summed E-state index contributed by atoms with van der Waals surface area (Å²) in [5, 5.41) is 2.52. The average molecular weight is 407 g/mol. The zero-order chi connectivity index (χ0) is 11.0. The maximum absolute atomic E-state index is 6.36. The Morgan fingerprint density at radius 1 is 1.33 bits per heavy atom. The first-order valence-corrected chi connectivity index (χ1v) is 8.01. The van der Waals surface area contributed by atoms with Crippen molar-refractivity contribution in [3.05, 3.63) is 40.5 Å². The third-order valence-electron chi connectivity index (χ3n) is 1.79. The van der Waals surface area contributed by atoms with Crippen LogP contribution in [0, 0.1) is 0 Å². The van der Waals surface area contributed by atoms with Crippen molar-refractivity contribution in [2.45, 2.75) is 5.38 Å². The highest BCUT2D eigenvalue weighted by atomic mass is 79.9. The Hall–Kier alpha value is 0.940. The molecule has 0 saturated heterocycles. The maximum Gasteiger partial charge on any atom is 0.103 e. The Bertz CT molecular complexity index is 459. The summed E-state index contributed by atoms with van der Waals surface area (Å²) >= 11 is 22.5. The monoisotopic (exact) mass is 404 g/mol. The Morgan fingerprint density at radius 3 is 2.53 bits per heavy atom. The molecule has 0 radical (unpaired) electrons. The fraction of sp³-hybridized carbons (Fsp3) is 0.111. The third kappa shape index (κ3) is 2.61. The van der Waals surface area contributed by atoms with E-state index in [-0.39, 0.29) is 5.38 Å². The molecule has 0 aliphatic heterocycles. The van der Waals surface area contributed by atoms with Crippen LogP contribution in [0.25, 0.3) is 0 Å². The molecule has 0 spiro atoms. The molecule has 0 aliphatic rings. The van der Waals surface area contributed by atoms with Gasteiger partial charge in [-0.25, -0.2) is 0 Å². The average Bonchev–Trinajstić information content (AvgIpc) is 2.74. The summed E-state index contributed by atoms with van der Waals surface area (Å²) in [6.07, 6.45) is 0. The van der Waals surface area contributed by atoms with Gasteiger partial charge < -0.3 is 0 Å².